The molecule has 0 aromatic carbocycles. The second-order valence-corrected chi connectivity index (χ2v) is 18.6. The van der Waals surface area contributed by atoms with E-state index < -0.39 is 29.4 Å². The van der Waals surface area contributed by atoms with E-state index >= 15 is 0 Å². The predicted molar refractivity (Wildman–Crippen MR) is 252 cm³/mol. The molecule has 350 valence electrons. The summed E-state index contributed by atoms with van der Waals surface area (Å²) in [6, 6.07) is 0. The lowest BCUT2D eigenvalue weighted by Crippen LogP contribution is -2.53. The summed E-state index contributed by atoms with van der Waals surface area (Å²) >= 11 is 0. The molecule has 11 unspecified atom stereocenters. The number of Topliss-reactive ketones (excluding diaryl/α,β-unsaturated/α-hetero) is 1. The third kappa shape index (κ3) is 17.5. The lowest BCUT2D eigenvalue weighted by atomic mass is 9.66. The van der Waals surface area contributed by atoms with Gasteiger partial charge in [-0.3, -0.25) is 9.59 Å². The van der Waals surface area contributed by atoms with Crippen LogP contribution in [-0.4, -0.2) is 56.4 Å². The molecule has 0 aromatic heterocycles. The molecule has 60 heavy (non-hydrogen) atoms. The first-order valence-corrected chi connectivity index (χ1v) is 24.4. The number of nitrogens with one attached hydrogen (secondary N) is 1. The quantitative estimate of drug-likeness (QED) is 0.0561. The maximum absolute atomic E-state index is 13.7. The number of carboxylic acids is 1. The molecule has 1 aliphatic carbocycles. The van der Waals surface area contributed by atoms with Crippen LogP contribution in [-0.2, 0) is 19.1 Å². The third-order valence-electron chi connectivity index (χ3n) is 14.0. The summed E-state index contributed by atoms with van der Waals surface area (Å²) in [7, 11) is 0. The Morgan fingerprint density at radius 1 is 0.933 bits per heavy atom. The van der Waals surface area contributed by atoms with Crippen molar-refractivity contribution >= 4 is 17.5 Å². The molecule has 0 saturated carbocycles. The first kappa shape index (κ1) is 57.7. The average molecular weight is 846 g/mol. The zero-order chi connectivity index (χ0) is 46.4. The Morgan fingerprint density at radius 2 is 1.53 bits per heavy atom. The van der Waals surface area contributed by atoms with E-state index in [0.717, 1.165) is 70.6 Å². The Balaban J connectivity index is 0.00000403. The number of hydrogen-bond donors (Lipinski definition) is 4. The highest BCUT2D eigenvalue weighted by Gasteiger charge is 2.49. The molecule has 0 saturated heterocycles. The van der Waals surface area contributed by atoms with Crippen molar-refractivity contribution in [2.75, 3.05) is 0 Å². The van der Waals surface area contributed by atoms with Crippen molar-refractivity contribution in [2.45, 2.75) is 231 Å². The van der Waals surface area contributed by atoms with Crippen molar-refractivity contribution in [3.05, 3.63) is 35.6 Å². The molecule has 0 radical (unpaired) electrons. The summed E-state index contributed by atoms with van der Waals surface area (Å²) in [5, 5.41) is 40.4. The molecule has 2 aliphatic heterocycles. The fraction of sp³-hybridized carbons (Fsp3) is 0.827. The molecule has 3 aliphatic rings. The van der Waals surface area contributed by atoms with Crippen LogP contribution >= 0.6 is 0 Å². The molecule has 3 rings (SSSR count). The first-order chi connectivity index (χ1) is 28.2. The number of aliphatic hydroxyl groups is 2. The zero-order valence-corrected chi connectivity index (χ0v) is 41.6. The molecule has 0 aromatic rings. The molecule has 12 atom stereocenters. The van der Waals surface area contributed by atoms with Crippen molar-refractivity contribution in [1.82, 2.24) is 0 Å². The zero-order valence-electron chi connectivity index (χ0n) is 41.6. The van der Waals surface area contributed by atoms with Crippen LogP contribution < -0.4 is 0 Å². The molecule has 4 N–H and O–H groups in total. The number of carboxylic acid groups (broad SMARTS) is 1. The summed E-state index contributed by atoms with van der Waals surface area (Å²) in [6.07, 6.45) is 19.1. The Kier molecular flexibility index (Phi) is 27.3. The van der Waals surface area contributed by atoms with Gasteiger partial charge in [0.25, 0.3) is 0 Å². The molecule has 8 nitrogen and oxygen atoms in total. The second-order valence-electron chi connectivity index (χ2n) is 18.6. The van der Waals surface area contributed by atoms with E-state index in [0.29, 0.717) is 49.0 Å². The Labute approximate surface area is 369 Å². The number of ketones is 1. The number of aliphatic hydroxyl groups excluding tert-OH is 1. The van der Waals surface area contributed by atoms with Crippen LogP contribution in [0.4, 0.5) is 0 Å². The molecule has 0 amide bonds. The van der Waals surface area contributed by atoms with Crippen molar-refractivity contribution in [1.29, 1.82) is 5.41 Å². The smallest absolute Gasteiger partial charge is 0.309 e. The normalized spacial score (nSPS) is 25.8. The number of carbonyl (C=O) groups is 2. The minimum Gasteiger partial charge on any atom is -0.494 e. The molecule has 8 heteroatoms. The minimum absolute atomic E-state index is 0.0415. The van der Waals surface area contributed by atoms with Gasteiger partial charge in [-0.2, -0.15) is 0 Å². The fourth-order valence-corrected chi connectivity index (χ4v) is 9.22. The highest BCUT2D eigenvalue weighted by Crippen LogP contribution is 2.51. The number of carbonyl (C=O) groups excluding carboxylic acids is 1. The van der Waals surface area contributed by atoms with Crippen LogP contribution in [0.1, 0.15) is 207 Å². The lowest BCUT2D eigenvalue weighted by molar-refractivity contribution is -0.246. The maximum atomic E-state index is 13.7. The van der Waals surface area contributed by atoms with Gasteiger partial charge in [-0.05, 0) is 120 Å². The van der Waals surface area contributed by atoms with Gasteiger partial charge in [-0.15, -0.1) is 0 Å². The van der Waals surface area contributed by atoms with Crippen LogP contribution in [0, 0.1) is 52.2 Å². The predicted octanol–water partition coefficient (Wildman–Crippen LogP) is 13.7. The Morgan fingerprint density at radius 3 is 2.05 bits per heavy atom. The molecule has 2 heterocycles. The van der Waals surface area contributed by atoms with Crippen molar-refractivity contribution in [3.8, 4) is 0 Å². The summed E-state index contributed by atoms with van der Waals surface area (Å²) < 4.78 is 13.1. The standard InChI is InChI=1S/C44H75NO7.C4H8.2C2H6/c1-11-31(7)42(9,39-19-18-34-27-37(34)51-39)22-23-43(10)38(45)20-21-44(50,52-43)32(8)25-29(5)26-33(12-2)40(47)30(6)24-28(4)16-14-15-17-36(46)35(13-3)41(48)49;1-3-4-2;2*1-2/h20-21,28-33,35-36,39,45-46,50H,11-19,22-27H2,1-10H3,(H,48,49);3-4H,1-2H3;2*1-2H3/b;4-3+;;/t28?,29?,30?,31?,32?,33?,35?,36?,39?,42-,43?,44?;;;/m1.../s1. The third-order valence-corrected chi connectivity index (χ3v) is 14.0. The molecular weight excluding hydrogens is 751 g/mol. The van der Waals surface area contributed by atoms with E-state index in [9.17, 15) is 24.9 Å². The van der Waals surface area contributed by atoms with Gasteiger partial charge >= 0.3 is 5.97 Å². The van der Waals surface area contributed by atoms with E-state index in [1.165, 1.54) is 11.3 Å². The van der Waals surface area contributed by atoms with Crippen molar-refractivity contribution < 1.29 is 34.4 Å². The van der Waals surface area contributed by atoms with Gasteiger partial charge in [0, 0.05) is 29.6 Å². The number of ether oxygens (including phenoxy) is 2. The fourth-order valence-electron chi connectivity index (χ4n) is 9.22. The van der Waals surface area contributed by atoms with Crippen LogP contribution in [0.2, 0.25) is 0 Å². The van der Waals surface area contributed by atoms with Crippen LogP contribution in [0.3, 0.4) is 0 Å². The largest absolute Gasteiger partial charge is 0.494 e. The van der Waals surface area contributed by atoms with Gasteiger partial charge in [0.05, 0.1) is 17.7 Å². The van der Waals surface area contributed by atoms with E-state index in [2.05, 4.69) is 41.5 Å². The van der Waals surface area contributed by atoms with E-state index in [4.69, 9.17) is 14.9 Å². The van der Waals surface area contributed by atoms with E-state index in [1.54, 1.807) is 19.1 Å². The number of unbranched alkanes of at least 4 members (excludes halogenated alkanes) is 1. The summed E-state index contributed by atoms with van der Waals surface area (Å²) in [5.41, 5.74) is 0.885. The number of rotatable bonds is 24. The van der Waals surface area contributed by atoms with Gasteiger partial charge in [0.15, 0.2) is 5.79 Å². The van der Waals surface area contributed by atoms with Gasteiger partial charge in [-0.25, -0.2) is 0 Å². The van der Waals surface area contributed by atoms with Crippen LogP contribution in [0.15, 0.2) is 35.6 Å². The van der Waals surface area contributed by atoms with Crippen LogP contribution in [0.5, 0.6) is 0 Å². The van der Waals surface area contributed by atoms with E-state index in [1.807, 2.05) is 74.5 Å². The molecular formula is C52H95NO7. The lowest BCUT2D eigenvalue weighted by Gasteiger charge is -2.47. The number of hydrogen-bond acceptors (Lipinski definition) is 7. The highest BCUT2D eigenvalue weighted by molar-refractivity contribution is 6.00. The van der Waals surface area contributed by atoms with Crippen molar-refractivity contribution in [2.24, 2.45) is 46.8 Å². The molecule has 0 bridgehead atoms. The summed E-state index contributed by atoms with van der Waals surface area (Å²) in [4.78, 5) is 25.0. The van der Waals surface area contributed by atoms with Crippen molar-refractivity contribution in [3.63, 3.8) is 0 Å². The highest BCUT2D eigenvalue weighted by atomic mass is 16.6. The van der Waals surface area contributed by atoms with Gasteiger partial charge in [0.2, 0.25) is 0 Å². The summed E-state index contributed by atoms with van der Waals surface area (Å²) in [5.74, 6) is -0.929. The van der Waals surface area contributed by atoms with Crippen LogP contribution in [0.25, 0.3) is 0 Å². The Hall–Kier alpha value is -2.29. The second kappa shape index (κ2) is 28.4. The number of allylic oxidation sites excluding steroid dienone is 4. The van der Waals surface area contributed by atoms with E-state index in [-0.39, 0.29) is 35.2 Å². The molecule has 0 spiro atoms. The van der Waals surface area contributed by atoms with Gasteiger partial charge in [0.1, 0.15) is 23.2 Å². The van der Waals surface area contributed by atoms with Gasteiger partial charge < -0.3 is 30.2 Å². The monoisotopic (exact) mass is 846 g/mol. The summed E-state index contributed by atoms with van der Waals surface area (Å²) in [6.45, 7) is 33.1. The molecule has 0 fully saturated rings. The maximum Gasteiger partial charge on any atom is 0.309 e. The number of aliphatic carboxylic acids is 1. The first-order valence-electron chi connectivity index (χ1n) is 24.4. The van der Waals surface area contributed by atoms with Gasteiger partial charge in [-0.1, -0.05) is 128 Å². The Bertz CT molecular complexity index is 1350. The minimum atomic E-state index is -1.50. The average Bonchev–Trinajstić information content (AvgIpc) is 4.02. The SMILES string of the molecule is C/C=C/C.CC.CC.CCC(CC(C)CC(C)C1(O)C=CC(=N)C(C)(CC[C@](C)(C(C)CC)C2CCC3=C(C3)O2)O1)C(=O)C(C)CC(C)CCCCC(O)C(CC)C(=O)O. The topological polar surface area (TPSA) is 137 Å².